The van der Waals surface area contributed by atoms with Gasteiger partial charge in [-0.15, -0.1) is 0 Å². The van der Waals surface area contributed by atoms with Crippen LogP contribution < -0.4 is 5.32 Å². The van der Waals surface area contributed by atoms with E-state index >= 15 is 0 Å². The maximum Gasteiger partial charge on any atom is 0.244 e. The summed E-state index contributed by atoms with van der Waals surface area (Å²) >= 11 is 3.42. The van der Waals surface area contributed by atoms with Gasteiger partial charge in [0.25, 0.3) is 0 Å². The van der Waals surface area contributed by atoms with E-state index in [0.29, 0.717) is 28.5 Å². The minimum absolute atomic E-state index is 0.384. The molecule has 1 aromatic rings. The summed E-state index contributed by atoms with van der Waals surface area (Å²) in [6, 6.07) is 6.20. The molecule has 0 spiro atoms. The molecule has 3 rings (SSSR count). The molecule has 6 heteroatoms. The highest BCUT2D eigenvalue weighted by molar-refractivity contribution is 9.10. The van der Waals surface area contributed by atoms with Gasteiger partial charge in [0.1, 0.15) is 0 Å². The minimum Gasteiger partial charge on any atom is -0.310 e. The van der Waals surface area contributed by atoms with Crippen LogP contribution in [0.4, 0.5) is 0 Å². The lowest BCUT2D eigenvalue weighted by Gasteiger charge is -2.17. The Labute approximate surface area is 128 Å². The fourth-order valence-corrected chi connectivity index (χ4v) is 5.08. The lowest BCUT2D eigenvalue weighted by molar-refractivity contribution is 0.477. The Bertz CT molecular complexity index is 593. The summed E-state index contributed by atoms with van der Waals surface area (Å²) in [5, 5.41) is 3.43. The van der Waals surface area contributed by atoms with Crippen molar-refractivity contribution in [2.75, 3.05) is 13.1 Å². The van der Waals surface area contributed by atoms with E-state index in [1.54, 1.807) is 10.4 Å². The van der Waals surface area contributed by atoms with Crippen molar-refractivity contribution in [3.8, 4) is 0 Å². The van der Waals surface area contributed by atoms with Crippen molar-refractivity contribution in [1.29, 1.82) is 0 Å². The molecule has 4 nitrogen and oxygen atoms in total. The monoisotopic (exact) mass is 358 g/mol. The maximum absolute atomic E-state index is 12.5. The number of hydrogen-bond acceptors (Lipinski definition) is 3. The third-order valence-electron chi connectivity index (χ3n) is 3.85. The van der Waals surface area contributed by atoms with Gasteiger partial charge >= 0.3 is 0 Å². The zero-order chi connectivity index (χ0) is 14.2. The van der Waals surface area contributed by atoms with Crippen LogP contribution >= 0.6 is 15.9 Å². The first kappa shape index (κ1) is 14.5. The second kappa shape index (κ2) is 5.75. The lowest BCUT2D eigenvalue weighted by atomic mass is 10.2. The molecule has 1 heterocycles. The quantitative estimate of drug-likeness (QED) is 0.879. The standard InChI is InChI=1S/C14H19BrN2O2S/c15-13-9-11(10-16-12-4-5-12)3-6-14(13)20(18,19)17-7-1-2-8-17/h3,6,9,12,16H,1-2,4-5,7-8,10H2. The van der Waals surface area contributed by atoms with Gasteiger partial charge in [0.05, 0.1) is 4.90 Å². The van der Waals surface area contributed by atoms with Gasteiger partial charge in [-0.1, -0.05) is 6.07 Å². The molecule has 0 atom stereocenters. The molecular weight excluding hydrogens is 340 g/mol. The molecule has 20 heavy (non-hydrogen) atoms. The second-order valence-corrected chi connectivity index (χ2v) is 8.29. The average molecular weight is 359 g/mol. The zero-order valence-corrected chi connectivity index (χ0v) is 13.7. The molecule has 2 aliphatic rings. The molecule has 0 unspecified atom stereocenters. The topological polar surface area (TPSA) is 49.4 Å². The number of halogens is 1. The summed E-state index contributed by atoms with van der Waals surface area (Å²) in [5.41, 5.74) is 1.11. The summed E-state index contributed by atoms with van der Waals surface area (Å²) in [6.45, 7) is 2.08. The molecule has 110 valence electrons. The van der Waals surface area contributed by atoms with E-state index in [4.69, 9.17) is 0 Å². The van der Waals surface area contributed by atoms with Crippen LogP contribution in [0.3, 0.4) is 0 Å². The predicted octanol–water partition coefficient (Wildman–Crippen LogP) is 2.49. The van der Waals surface area contributed by atoms with E-state index in [1.807, 2.05) is 12.1 Å². The molecule has 0 aromatic heterocycles. The molecular formula is C14H19BrN2O2S. The number of hydrogen-bond donors (Lipinski definition) is 1. The molecule has 0 amide bonds. The van der Waals surface area contributed by atoms with Crippen LogP contribution in [-0.2, 0) is 16.6 Å². The van der Waals surface area contributed by atoms with E-state index in [-0.39, 0.29) is 0 Å². The highest BCUT2D eigenvalue weighted by Crippen LogP contribution is 2.28. The maximum atomic E-state index is 12.5. The molecule has 0 radical (unpaired) electrons. The largest absolute Gasteiger partial charge is 0.310 e. The average Bonchev–Trinajstić information content (AvgIpc) is 3.06. The molecule has 2 fully saturated rings. The van der Waals surface area contributed by atoms with Crippen molar-refractivity contribution < 1.29 is 8.42 Å². The van der Waals surface area contributed by atoms with Gasteiger partial charge in [0.15, 0.2) is 0 Å². The third-order valence-corrected chi connectivity index (χ3v) is 6.73. The van der Waals surface area contributed by atoms with Crippen LogP contribution in [0.5, 0.6) is 0 Å². The van der Waals surface area contributed by atoms with Gasteiger partial charge in [-0.2, -0.15) is 4.31 Å². The first-order valence-electron chi connectivity index (χ1n) is 7.09. The van der Waals surface area contributed by atoms with Gasteiger partial charge < -0.3 is 5.32 Å². The fourth-order valence-electron chi connectivity index (χ4n) is 2.48. The zero-order valence-electron chi connectivity index (χ0n) is 11.3. The van der Waals surface area contributed by atoms with Crippen LogP contribution in [-0.4, -0.2) is 31.9 Å². The van der Waals surface area contributed by atoms with Gasteiger partial charge in [-0.05, 0) is 59.3 Å². The Kier molecular flexibility index (Phi) is 4.17. The van der Waals surface area contributed by atoms with Crippen LogP contribution in [0.2, 0.25) is 0 Å². The molecule has 1 N–H and O–H groups in total. The van der Waals surface area contributed by atoms with Crippen molar-refractivity contribution in [2.24, 2.45) is 0 Å². The summed E-state index contributed by atoms with van der Waals surface area (Å²) < 4.78 is 27.3. The third kappa shape index (κ3) is 3.08. The molecule has 1 aliphatic carbocycles. The SMILES string of the molecule is O=S(=O)(c1ccc(CNC2CC2)cc1Br)N1CCCC1. The number of nitrogens with one attached hydrogen (secondary N) is 1. The van der Waals surface area contributed by atoms with Crippen molar-refractivity contribution in [3.63, 3.8) is 0 Å². The molecule has 1 saturated heterocycles. The second-order valence-electron chi connectivity index (χ2n) is 5.53. The van der Waals surface area contributed by atoms with Gasteiger partial charge in [-0.3, -0.25) is 0 Å². The van der Waals surface area contributed by atoms with Crippen LogP contribution in [0.25, 0.3) is 0 Å². The normalized spacial score (nSPS) is 20.4. The van der Waals surface area contributed by atoms with Gasteiger partial charge in [0, 0.05) is 30.1 Å². The van der Waals surface area contributed by atoms with Crippen molar-refractivity contribution >= 4 is 26.0 Å². The smallest absolute Gasteiger partial charge is 0.244 e. The van der Waals surface area contributed by atoms with Crippen LogP contribution in [0, 0.1) is 0 Å². The first-order valence-corrected chi connectivity index (χ1v) is 9.32. The van der Waals surface area contributed by atoms with Crippen LogP contribution in [0.15, 0.2) is 27.6 Å². The number of sulfonamides is 1. The van der Waals surface area contributed by atoms with Crippen LogP contribution in [0.1, 0.15) is 31.2 Å². The highest BCUT2D eigenvalue weighted by atomic mass is 79.9. The minimum atomic E-state index is -3.34. The molecule has 0 bridgehead atoms. The summed E-state index contributed by atoms with van der Waals surface area (Å²) in [6.07, 6.45) is 4.42. The Morgan fingerprint density at radius 3 is 2.55 bits per heavy atom. The van der Waals surface area contributed by atoms with Gasteiger partial charge in [0.2, 0.25) is 10.0 Å². The van der Waals surface area contributed by atoms with E-state index in [2.05, 4.69) is 21.2 Å². The van der Waals surface area contributed by atoms with Crippen molar-refractivity contribution in [2.45, 2.75) is 43.2 Å². The summed E-state index contributed by atoms with van der Waals surface area (Å²) in [4.78, 5) is 0.384. The predicted molar refractivity (Wildman–Crippen MR) is 82.0 cm³/mol. The fraction of sp³-hybridized carbons (Fsp3) is 0.571. The first-order chi connectivity index (χ1) is 9.57. The van der Waals surface area contributed by atoms with Crippen molar-refractivity contribution in [3.05, 3.63) is 28.2 Å². The van der Waals surface area contributed by atoms with Crippen molar-refractivity contribution in [1.82, 2.24) is 9.62 Å². The Balaban J connectivity index is 1.78. The van der Waals surface area contributed by atoms with E-state index in [1.165, 1.54) is 12.8 Å². The molecule has 1 aliphatic heterocycles. The number of nitrogens with zero attached hydrogens (tertiary/aromatic N) is 1. The Hall–Kier alpha value is -0.430. The van der Waals surface area contributed by atoms with E-state index in [0.717, 1.165) is 24.9 Å². The molecule has 1 saturated carbocycles. The Morgan fingerprint density at radius 1 is 1.25 bits per heavy atom. The number of benzene rings is 1. The van der Waals surface area contributed by atoms with Gasteiger partial charge in [-0.25, -0.2) is 8.42 Å². The number of rotatable bonds is 5. The summed E-state index contributed by atoms with van der Waals surface area (Å²) in [7, 11) is -3.34. The van der Waals surface area contributed by atoms with E-state index < -0.39 is 10.0 Å². The Morgan fingerprint density at radius 2 is 1.95 bits per heavy atom. The molecule has 1 aromatic carbocycles. The van der Waals surface area contributed by atoms with E-state index in [9.17, 15) is 8.42 Å². The highest BCUT2D eigenvalue weighted by Gasteiger charge is 2.29. The summed E-state index contributed by atoms with van der Waals surface area (Å²) in [5.74, 6) is 0. The lowest BCUT2D eigenvalue weighted by Crippen LogP contribution is -2.28.